The Morgan fingerprint density at radius 3 is 2.68 bits per heavy atom. The minimum Gasteiger partial charge on any atom is -0.434 e. The summed E-state index contributed by atoms with van der Waals surface area (Å²) in [4.78, 5) is 0. The molecular weight excluding hydrogens is 252 g/mol. The summed E-state index contributed by atoms with van der Waals surface area (Å²) in [6.45, 7) is -0.951. The molecule has 0 saturated heterocycles. The largest absolute Gasteiger partial charge is 0.434 e. The lowest BCUT2D eigenvalue weighted by Gasteiger charge is -2.17. The molecule has 4 nitrogen and oxygen atoms in total. The molecule has 0 amide bonds. The first-order valence-corrected chi connectivity index (χ1v) is 5.85. The SMILES string of the molecule is CC(Nc1cnn(C)c1)c1ccccc1OC(F)F. The molecule has 1 unspecified atom stereocenters. The van der Waals surface area contributed by atoms with Gasteiger partial charge in [-0.25, -0.2) is 0 Å². The van der Waals surface area contributed by atoms with Crippen LogP contribution >= 0.6 is 0 Å². The van der Waals surface area contributed by atoms with Crippen LogP contribution in [-0.2, 0) is 7.05 Å². The van der Waals surface area contributed by atoms with E-state index >= 15 is 0 Å². The second-order valence-electron chi connectivity index (χ2n) is 4.19. The molecule has 0 fully saturated rings. The minimum absolute atomic E-state index is 0.167. The molecule has 0 spiro atoms. The maximum atomic E-state index is 12.3. The summed E-state index contributed by atoms with van der Waals surface area (Å²) in [6.07, 6.45) is 3.49. The maximum absolute atomic E-state index is 12.3. The van der Waals surface area contributed by atoms with Gasteiger partial charge >= 0.3 is 6.61 Å². The molecule has 1 heterocycles. The van der Waals surface area contributed by atoms with Gasteiger partial charge in [-0.2, -0.15) is 13.9 Å². The van der Waals surface area contributed by atoms with Crippen LogP contribution in [0, 0.1) is 0 Å². The summed E-state index contributed by atoms with van der Waals surface area (Å²) in [5, 5.41) is 7.22. The Hall–Kier alpha value is -2.11. The summed E-state index contributed by atoms with van der Waals surface area (Å²) in [6, 6.07) is 6.57. The van der Waals surface area contributed by atoms with Crippen molar-refractivity contribution in [1.82, 2.24) is 9.78 Å². The number of aryl methyl sites for hydroxylation is 1. The number of hydrogen-bond donors (Lipinski definition) is 1. The standard InChI is InChI=1S/C13H15F2N3O/c1-9(17-10-7-16-18(2)8-10)11-5-3-4-6-12(11)19-13(14)15/h3-9,13,17H,1-2H3. The first-order valence-electron chi connectivity index (χ1n) is 5.85. The normalized spacial score (nSPS) is 12.5. The number of halogens is 2. The molecule has 0 aliphatic rings. The van der Waals surface area contributed by atoms with Crippen LogP contribution < -0.4 is 10.1 Å². The van der Waals surface area contributed by atoms with Crippen LogP contribution in [0.4, 0.5) is 14.5 Å². The van der Waals surface area contributed by atoms with E-state index in [1.165, 1.54) is 6.07 Å². The number of benzene rings is 1. The quantitative estimate of drug-likeness (QED) is 0.904. The van der Waals surface area contributed by atoms with E-state index in [1.807, 2.05) is 20.2 Å². The average Bonchev–Trinajstić information content (AvgIpc) is 2.74. The van der Waals surface area contributed by atoms with Gasteiger partial charge in [-0.15, -0.1) is 0 Å². The van der Waals surface area contributed by atoms with Gasteiger partial charge in [0.05, 0.1) is 17.9 Å². The summed E-state index contributed by atoms with van der Waals surface area (Å²) in [5.74, 6) is 0.182. The summed E-state index contributed by atoms with van der Waals surface area (Å²) in [5.41, 5.74) is 1.49. The van der Waals surface area contributed by atoms with Gasteiger partial charge in [0.2, 0.25) is 0 Å². The predicted molar refractivity (Wildman–Crippen MR) is 68.3 cm³/mol. The van der Waals surface area contributed by atoms with Crippen molar-refractivity contribution in [2.45, 2.75) is 19.6 Å². The fourth-order valence-corrected chi connectivity index (χ4v) is 1.87. The number of hydrogen-bond acceptors (Lipinski definition) is 3. The second-order valence-corrected chi connectivity index (χ2v) is 4.19. The van der Waals surface area contributed by atoms with Crippen molar-refractivity contribution in [2.75, 3.05) is 5.32 Å². The fraction of sp³-hybridized carbons (Fsp3) is 0.308. The Kier molecular flexibility index (Phi) is 3.99. The monoisotopic (exact) mass is 267 g/mol. The molecule has 0 saturated carbocycles. The van der Waals surface area contributed by atoms with E-state index in [0.717, 1.165) is 5.69 Å². The summed E-state index contributed by atoms with van der Waals surface area (Å²) < 4.78 is 30.9. The van der Waals surface area contributed by atoms with Crippen LogP contribution in [0.25, 0.3) is 0 Å². The summed E-state index contributed by atoms with van der Waals surface area (Å²) >= 11 is 0. The van der Waals surface area contributed by atoms with Crippen LogP contribution in [0.5, 0.6) is 5.75 Å². The van der Waals surface area contributed by atoms with E-state index in [2.05, 4.69) is 15.2 Å². The zero-order valence-corrected chi connectivity index (χ0v) is 10.7. The van der Waals surface area contributed by atoms with Crippen molar-refractivity contribution >= 4 is 5.69 Å². The highest BCUT2D eigenvalue weighted by atomic mass is 19.3. The number of nitrogens with one attached hydrogen (secondary N) is 1. The van der Waals surface area contributed by atoms with Crippen LogP contribution in [0.2, 0.25) is 0 Å². The summed E-state index contributed by atoms with van der Waals surface area (Å²) in [7, 11) is 1.81. The van der Waals surface area contributed by atoms with Gasteiger partial charge in [0, 0.05) is 18.8 Å². The van der Waals surface area contributed by atoms with Crippen molar-refractivity contribution in [3.8, 4) is 5.75 Å². The first-order chi connectivity index (χ1) is 9.06. The second kappa shape index (κ2) is 5.69. The number of rotatable bonds is 5. The third kappa shape index (κ3) is 3.43. The number of aromatic nitrogens is 2. The molecule has 2 rings (SSSR count). The molecular formula is C13H15F2N3O. The van der Waals surface area contributed by atoms with Gasteiger partial charge in [-0.1, -0.05) is 18.2 Å². The molecule has 19 heavy (non-hydrogen) atoms. The van der Waals surface area contributed by atoms with Gasteiger partial charge < -0.3 is 10.1 Å². The molecule has 0 bridgehead atoms. The molecule has 0 aliphatic heterocycles. The van der Waals surface area contributed by atoms with Crippen molar-refractivity contribution in [3.63, 3.8) is 0 Å². The third-order valence-corrected chi connectivity index (χ3v) is 2.69. The molecule has 2 aromatic rings. The zero-order chi connectivity index (χ0) is 13.8. The van der Waals surface area contributed by atoms with E-state index in [-0.39, 0.29) is 11.8 Å². The Labute approximate surface area is 110 Å². The van der Waals surface area contributed by atoms with E-state index in [0.29, 0.717) is 5.56 Å². The van der Waals surface area contributed by atoms with Crippen LogP contribution in [0.3, 0.4) is 0 Å². The number of para-hydroxylation sites is 1. The number of nitrogens with zero attached hydrogens (tertiary/aromatic N) is 2. The van der Waals surface area contributed by atoms with Gasteiger partial charge in [0.15, 0.2) is 0 Å². The molecule has 1 atom stereocenters. The van der Waals surface area contributed by atoms with Crippen molar-refractivity contribution in [3.05, 3.63) is 42.2 Å². The Morgan fingerprint density at radius 2 is 2.05 bits per heavy atom. The molecule has 0 aliphatic carbocycles. The third-order valence-electron chi connectivity index (χ3n) is 2.69. The van der Waals surface area contributed by atoms with Gasteiger partial charge in [-0.05, 0) is 13.0 Å². The molecule has 1 aromatic carbocycles. The number of ether oxygens (including phenoxy) is 1. The van der Waals surface area contributed by atoms with Crippen molar-refractivity contribution in [2.24, 2.45) is 7.05 Å². The Morgan fingerprint density at radius 1 is 1.32 bits per heavy atom. The van der Waals surface area contributed by atoms with Crippen molar-refractivity contribution < 1.29 is 13.5 Å². The first kappa shape index (κ1) is 13.3. The molecule has 1 aromatic heterocycles. The molecule has 1 N–H and O–H groups in total. The zero-order valence-electron chi connectivity index (χ0n) is 10.7. The average molecular weight is 267 g/mol. The molecule has 6 heteroatoms. The number of anilines is 1. The minimum atomic E-state index is -2.83. The highest BCUT2D eigenvalue weighted by Gasteiger charge is 2.14. The van der Waals surface area contributed by atoms with Gasteiger partial charge in [0.1, 0.15) is 5.75 Å². The lowest BCUT2D eigenvalue weighted by Crippen LogP contribution is -2.10. The Bertz CT molecular complexity index is 542. The Balaban J connectivity index is 2.16. The fourth-order valence-electron chi connectivity index (χ4n) is 1.87. The van der Waals surface area contributed by atoms with E-state index in [9.17, 15) is 8.78 Å². The van der Waals surface area contributed by atoms with E-state index < -0.39 is 6.61 Å². The molecule has 0 radical (unpaired) electrons. The van der Waals surface area contributed by atoms with Gasteiger partial charge in [0.25, 0.3) is 0 Å². The van der Waals surface area contributed by atoms with E-state index in [1.54, 1.807) is 29.1 Å². The topological polar surface area (TPSA) is 39.1 Å². The highest BCUT2D eigenvalue weighted by Crippen LogP contribution is 2.28. The van der Waals surface area contributed by atoms with Crippen LogP contribution in [0.15, 0.2) is 36.7 Å². The lowest BCUT2D eigenvalue weighted by molar-refractivity contribution is -0.0505. The van der Waals surface area contributed by atoms with E-state index in [4.69, 9.17) is 0 Å². The lowest BCUT2D eigenvalue weighted by atomic mass is 10.1. The van der Waals surface area contributed by atoms with Crippen LogP contribution in [0.1, 0.15) is 18.5 Å². The van der Waals surface area contributed by atoms with Crippen molar-refractivity contribution in [1.29, 1.82) is 0 Å². The maximum Gasteiger partial charge on any atom is 0.387 e. The van der Waals surface area contributed by atoms with Gasteiger partial charge in [-0.3, -0.25) is 4.68 Å². The molecule has 102 valence electrons. The smallest absolute Gasteiger partial charge is 0.387 e. The predicted octanol–water partition coefficient (Wildman–Crippen LogP) is 3.19. The number of alkyl halides is 2. The van der Waals surface area contributed by atoms with Crippen LogP contribution in [-0.4, -0.2) is 16.4 Å². The highest BCUT2D eigenvalue weighted by molar-refractivity contribution is 5.45.